The van der Waals surface area contributed by atoms with Gasteiger partial charge < -0.3 is 9.64 Å². The minimum absolute atomic E-state index is 0.106. The molecule has 1 saturated heterocycles. The highest BCUT2D eigenvalue weighted by molar-refractivity contribution is 9.10. The molecule has 23 heavy (non-hydrogen) atoms. The van der Waals surface area contributed by atoms with Crippen molar-refractivity contribution in [3.05, 3.63) is 70.2 Å². The highest BCUT2D eigenvalue weighted by atomic mass is 79.9. The number of nitrogens with one attached hydrogen (secondary N) is 1. The first-order chi connectivity index (χ1) is 11.2. The van der Waals surface area contributed by atoms with Crippen molar-refractivity contribution in [2.24, 2.45) is 0 Å². The highest BCUT2D eigenvalue weighted by Crippen LogP contribution is 2.21. The van der Waals surface area contributed by atoms with Crippen LogP contribution in [0.25, 0.3) is 0 Å². The molecule has 0 unspecified atom stereocenters. The average Bonchev–Trinajstić information content (AvgIpc) is 2.61. The number of Topliss-reactive ketones (excluding diaryl/α,β-unsaturated/α-hetero) is 1. The van der Waals surface area contributed by atoms with E-state index in [4.69, 9.17) is 4.74 Å². The van der Waals surface area contributed by atoms with Crippen LogP contribution in [0, 0.1) is 0 Å². The Morgan fingerprint density at radius 1 is 1.04 bits per heavy atom. The summed E-state index contributed by atoms with van der Waals surface area (Å²) in [5.41, 5.74) is 1.87. The lowest BCUT2D eigenvalue weighted by Gasteiger charge is -2.27. The number of ketones is 1. The van der Waals surface area contributed by atoms with Crippen LogP contribution >= 0.6 is 15.9 Å². The summed E-state index contributed by atoms with van der Waals surface area (Å²) in [6.07, 6.45) is 0. The Morgan fingerprint density at radius 3 is 2.35 bits per heavy atom. The standard InChI is InChI=1S/C19H20BrNO2/c20-17-8-6-16(7-9-17)19(22)18(15-4-2-1-3-5-15)14-21-10-12-23-13-11-21/h1-9,18H,10-14H2/p+1/t18-/m1/s1. The van der Waals surface area contributed by atoms with Crippen molar-refractivity contribution in [2.75, 3.05) is 32.8 Å². The summed E-state index contributed by atoms with van der Waals surface area (Å²) >= 11 is 3.43. The van der Waals surface area contributed by atoms with E-state index >= 15 is 0 Å². The quantitative estimate of drug-likeness (QED) is 0.814. The van der Waals surface area contributed by atoms with E-state index in [0.29, 0.717) is 0 Å². The third kappa shape index (κ3) is 4.28. The van der Waals surface area contributed by atoms with E-state index in [9.17, 15) is 4.79 Å². The number of hydrogen-bond donors (Lipinski definition) is 1. The second kappa shape index (κ2) is 7.86. The molecule has 0 radical (unpaired) electrons. The molecule has 4 heteroatoms. The molecule has 1 aliphatic heterocycles. The van der Waals surface area contributed by atoms with Gasteiger partial charge in [0.05, 0.1) is 25.7 Å². The second-order valence-electron chi connectivity index (χ2n) is 5.90. The molecule has 0 aliphatic carbocycles. The van der Waals surface area contributed by atoms with Gasteiger partial charge in [0, 0.05) is 10.0 Å². The van der Waals surface area contributed by atoms with Gasteiger partial charge in [-0.25, -0.2) is 0 Å². The minimum Gasteiger partial charge on any atom is -0.370 e. The lowest BCUT2D eigenvalue weighted by Crippen LogP contribution is -3.14. The Morgan fingerprint density at radius 2 is 1.70 bits per heavy atom. The Hall–Kier alpha value is -1.49. The fourth-order valence-electron chi connectivity index (χ4n) is 3.02. The van der Waals surface area contributed by atoms with Crippen LogP contribution in [0.5, 0.6) is 0 Å². The highest BCUT2D eigenvalue weighted by Gasteiger charge is 2.28. The monoisotopic (exact) mass is 374 g/mol. The lowest BCUT2D eigenvalue weighted by molar-refractivity contribution is -0.908. The number of halogens is 1. The molecule has 2 aromatic rings. The van der Waals surface area contributed by atoms with Crippen molar-refractivity contribution in [3.63, 3.8) is 0 Å². The van der Waals surface area contributed by atoms with Gasteiger partial charge in [-0.3, -0.25) is 4.79 Å². The van der Waals surface area contributed by atoms with Gasteiger partial charge in [0.15, 0.2) is 5.78 Å². The van der Waals surface area contributed by atoms with Crippen molar-refractivity contribution in [1.82, 2.24) is 0 Å². The Bertz CT molecular complexity index is 636. The number of morpholine rings is 1. The lowest BCUT2D eigenvalue weighted by atomic mass is 9.90. The predicted octanol–water partition coefficient (Wildman–Crippen LogP) is 2.33. The number of carbonyl (C=O) groups is 1. The van der Waals surface area contributed by atoms with Crippen molar-refractivity contribution < 1.29 is 14.4 Å². The molecule has 1 fully saturated rings. The SMILES string of the molecule is O=C(c1ccc(Br)cc1)[C@H](C[NH+]1CCOCC1)c1ccccc1. The Kier molecular flexibility index (Phi) is 5.60. The average molecular weight is 375 g/mol. The van der Waals surface area contributed by atoms with Gasteiger partial charge in [-0.15, -0.1) is 0 Å². The third-order valence-electron chi connectivity index (χ3n) is 4.34. The maximum Gasteiger partial charge on any atom is 0.175 e. The summed E-state index contributed by atoms with van der Waals surface area (Å²) < 4.78 is 6.42. The zero-order valence-electron chi connectivity index (χ0n) is 13.0. The number of benzene rings is 2. The van der Waals surface area contributed by atoms with Gasteiger partial charge in [0.1, 0.15) is 13.1 Å². The van der Waals surface area contributed by atoms with Crippen LogP contribution in [0.3, 0.4) is 0 Å². The molecular weight excluding hydrogens is 354 g/mol. The third-order valence-corrected chi connectivity index (χ3v) is 4.87. The van der Waals surface area contributed by atoms with E-state index < -0.39 is 0 Å². The first kappa shape index (κ1) is 16.4. The molecule has 0 aromatic heterocycles. The van der Waals surface area contributed by atoms with Gasteiger partial charge in [-0.1, -0.05) is 58.4 Å². The summed E-state index contributed by atoms with van der Waals surface area (Å²) in [6.45, 7) is 4.32. The molecule has 2 aromatic carbocycles. The first-order valence-electron chi connectivity index (χ1n) is 8.00. The number of carbonyl (C=O) groups excluding carboxylic acids is 1. The maximum absolute atomic E-state index is 13.1. The molecule has 0 spiro atoms. The van der Waals surface area contributed by atoms with Crippen LogP contribution in [0.4, 0.5) is 0 Å². The Balaban J connectivity index is 1.84. The van der Waals surface area contributed by atoms with E-state index in [-0.39, 0.29) is 11.7 Å². The van der Waals surface area contributed by atoms with E-state index in [1.165, 1.54) is 4.90 Å². The fraction of sp³-hybridized carbons (Fsp3) is 0.316. The predicted molar refractivity (Wildman–Crippen MR) is 94.0 cm³/mol. The molecular formula is C19H21BrNO2+. The van der Waals surface area contributed by atoms with Crippen LogP contribution in [0.15, 0.2) is 59.1 Å². The smallest absolute Gasteiger partial charge is 0.175 e. The minimum atomic E-state index is -0.106. The van der Waals surface area contributed by atoms with Crippen molar-refractivity contribution in [1.29, 1.82) is 0 Å². The van der Waals surface area contributed by atoms with E-state index in [1.807, 2.05) is 42.5 Å². The molecule has 1 heterocycles. The van der Waals surface area contributed by atoms with Crippen molar-refractivity contribution in [2.45, 2.75) is 5.92 Å². The van der Waals surface area contributed by atoms with Crippen LogP contribution in [-0.4, -0.2) is 38.6 Å². The molecule has 3 rings (SSSR count). The van der Waals surface area contributed by atoms with Crippen LogP contribution in [0.2, 0.25) is 0 Å². The van der Waals surface area contributed by atoms with Gasteiger partial charge in [-0.05, 0) is 17.7 Å². The van der Waals surface area contributed by atoms with Gasteiger partial charge >= 0.3 is 0 Å². The number of hydrogen-bond acceptors (Lipinski definition) is 2. The van der Waals surface area contributed by atoms with E-state index in [2.05, 4.69) is 28.1 Å². The van der Waals surface area contributed by atoms with Gasteiger partial charge in [-0.2, -0.15) is 0 Å². The summed E-state index contributed by atoms with van der Waals surface area (Å²) in [5, 5.41) is 0. The summed E-state index contributed by atoms with van der Waals surface area (Å²) in [5.74, 6) is 0.0909. The first-order valence-corrected chi connectivity index (χ1v) is 8.79. The number of rotatable bonds is 5. The molecule has 1 N–H and O–H groups in total. The Labute approximate surface area is 145 Å². The molecule has 0 bridgehead atoms. The van der Waals surface area contributed by atoms with Crippen molar-refractivity contribution >= 4 is 21.7 Å². The zero-order chi connectivity index (χ0) is 16.1. The summed E-state index contributed by atoms with van der Waals surface area (Å²) in [4.78, 5) is 14.5. The fourth-order valence-corrected chi connectivity index (χ4v) is 3.28. The largest absolute Gasteiger partial charge is 0.370 e. The van der Waals surface area contributed by atoms with Crippen molar-refractivity contribution in [3.8, 4) is 0 Å². The van der Waals surface area contributed by atoms with Gasteiger partial charge in [0.2, 0.25) is 0 Å². The normalized spacial score (nSPS) is 16.9. The van der Waals surface area contributed by atoms with E-state index in [1.54, 1.807) is 0 Å². The van der Waals surface area contributed by atoms with Gasteiger partial charge in [0.25, 0.3) is 0 Å². The second-order valence-corrected chi connectivity index (χ2v) is 6.82. The van der Waals surface area contributed by atoms with Crippen LogP contribution in [0.1, 0.15) is 21.8 Å². The zero-order valence-corrected chi connectivity index (χ0v) is 14.6. The maximum atomic E-state index is 13.1. The molecule has 120 valence electrons. The summed E-state index contributed by atoms with van der Waals surface area (Å²) in [7, 11) is 0. The molecule has 0 amide bonds. The number of ether oxygens (including phenoxy) is 1. The molecule has 3 nitrogen and oxygen atoms in total. The molecule has 1 aliphatic rings. The molecule has 0 saturated carbocycles. The number of quaternary nitrogens is 1. The van der Waals surface area contributed by atoms with Crippen LogP contribution < -0.4 is 4.90 Å². The molecule has 1 atom stereocenters. The summed E-state index contributed by atoms with van der Waals surface area (Å²) in [6, 6.07) is 17.8. The topological polar surface area (TPSA) is 30.7 Å². The van der Waals surface area contributed by atoms with E-state index in [0.717, 1.165) is 48.4 Å². The van der Waals surface area contributed by atoms with Crippen LogP contribution in [-0.2, 0) is 4.74 Å².